The van der Waals surface area contributed by atoms with Crippen LogP contribution >= 0.6 is 15.6 Å². The molecule has 5 atom stereocenters. The summed E-state index contributed by atoms with van der Waals surface area (Å²) >= 11 is 0. The maximum absolute atomic E-state index is 13.0. The van der Waals surface area contributed by atoms with Gasteiger partial charge < -0.3 is 33.8 Å². The summed E-state index contributed by atoms with van der Waals surface area (Å²) in [4.78, 5) is 72.5. The summed E-state index contributed by atoms with van der Waals surface area (Å²) in [5, 5.41) is 10.6. The third-order valence-electron chi connectivity index (χ3n) is 16.0. The third kappa shape index (κ3) is 64.3. The average Bonchev–Trinajstić information content (AvgIpc) is 2.90. The standard InChI is InChI=1S/C71H134O17P2/c1-5-9-13-17-21-25-29-31-33-35-38-42-46-50-54-58-71(76)88-67(62-82-69(74)56-52-48-44-40-37-34-32-30-26-22-18-14-10-6-2)64-86-90(79,80)84-60-65(72)59-83-89(77,78)85-63-66(61-81-68(73)55-51-47-43-39-28-24-20-16-12-8-4)87-70(75)57-53-49-45-41-36-27-23-19-15-11-7-3/h25,29,31,33,65-67,72H,5-24,26-28,30,32,34-64H2,1-4H3,(H,77,78)(H,79,80)/b29-25-,33-31-/t65-,66+,67+/m0/s1. The molecule has 0 aromatic heterocycles. The molecule has 0 aliphatic heterocycles. The SMILES string of the molecule is CCCCCC/C=C\C=C/CCCCCCCC(=O)O[C@H](COC(=O)CCCCCCCCCCCCCCCC)COP(=O)(O)OC[C@@H](O)COP(=O)(O)OC[C@@H](COC(=O)CCCCCCCCCCCC)OC(=O)CCCCCCCCCCCCC. The normalized spacial score (nSPS) is 14.2. The number of aliphatic hydroxyl groups excluding tert-OH is 1. The maximum Gasteiger partial charge on any atom is 0.472 e. The number of phosphoric acid groups is 2. The highest BCUT2D eigenvalue weighted by molar-refractivity contribution is 7.47. The molecule has 0 spiro atoms. The lowest BCUT2D eigenvalue weighted by Gasteiger charge is -2.21. The number of esters is 4. The number of rotatable bonds is 70. The summed E-state index contributed by atoms with van der Waals surface area (Å²) in [5.74, 6) is -2.15. The lowest BCUT2D eigenvalue weighted by Crippen LogP contribution is -2.30. The van der Waals surface area contributed by atoms with Gasteiger partial charge in [-0.15, -0.1) is 0 Å². The van der Waals surface area contributed by atoms with E-state index in [9.17, 15) is 43.2 Å². The second-order valence-electron chi connectivity index (χ2n) is 24.9. The van der Waals surface area contributed by atoms with Crippen molar-refractivity contribution >= 4 is 39.5 Å². The van der Waals surface area contributed by atoms with Crippen LogP contribution in [-0.4, -0.2) is 96.7 Å². The Hall–Kier alpha value is -2.46. The Morgan fingerprint density at radius 2 is 0.533 bits per heavy atom. The van der Waals surface area contributed by atoms with Crippen LogP contribution < -0.4 is 0 Å². The van der Waals surface area contributed by atoms with Crippen molar-refractivity contribution in [3.05, 3.63) is 24.3 Å². The van der Waals surface area contributed by atoms with Gasteiger partial charge in [-0.1, -0.05) is 296 Å². The molecular weight excluding hydrogens is 1190 g/mol. The Labute approximate surface area is 548 Å². The molecule has 0 aliphatic rings. The molecule has 0 fully saturated rings. The fourth-order valence-corrected chi connectivity index (χ4v) is 11.9. The van der Waals surface area contributed by atoms with E-state index in [0.29, 0.717) is 25.7 Å². The summed E-state index contributed by atoms with van der Waals surface area (Å²) in [6.07, 6.45) is 56.1. The van der Waals surface area contributed by atoms with E-state index < -0.39 is 97.5 Å². The molecule has 0 saturated heterocycles. The van der Waals surface area contributed by atoms with Crippen LogP contribution in [0.25, 0.3) is 0 Å². The highest BCUT2D eigenvalue weighted by atomic mass is 31.2. The van der Waals surface area contributed by atoms with Crippen LogP contribution in [0.3, 0.4) is 0 Å². The van der Waals surface area contributed by atoms with Crippen LogP contribution in [-0.2, 0) is 65.4 Å². The number of hydrogen-bond acceptors (Lipinski definition) is 15. The molecule has 0 bridgehead atoms. The minimum Gasteiger partial charge on any atom is -0.462 e. The van der Waals surface area contributed by atoms with Gasteiger partial charge in [0.25, 0.3) is 0 Å². The van der Waals surface area contributed by atoms with Crippen LogP contribution in [0, 0.1) is 0 Å². The van der Waals surface area contributed by atoms with Gasteiger partial charge in [0.15, 0.2) is 12.2 Å². The minimum absolute atomic E-state index is 0.0859. The van der Waals surface area contributed by atoms with Gasteiger partial charge in [-0.05, 0) is 51.4 Å². The summed E-state index contributed by atoms with van der Waals surface area (Å²) in [7, 11) is -9.91. The van der Waals surface area contributed by atoms with E-state index in [4.69, 9.17) is 37.0 Å². The van der Waals surface area contributed by atoms with E-state index in [1.54, 1.807) is 0 Å². The third-order valence-corrected chi connectivity index (χ3v) is 17.9. The molecular formula is C71H134O17P2. The lowest BCUT2D eigenvalue weighted by molar-refractivity contribution is -0.161. The summed E-state index contributed by atoms with van der Waals surface area (Å²) in [6, 6.07) is 0. The van der Waals surface area contributed by atoms with E-state index in [1.807, 2.05) is 0 Å². The highest BCUT2D eigenvalue weighted by Gasteiger charge is 2.30. The van der Waals surface area contributed by atoms with Crippen molar-refractivity contribution in [1.82, 2.24) is 0 Å². The van der Waals surface area contributed by atoms with Crippen molar-refractivity contribution < 1.29 is 80.2 Å². The first kappa shape index (κ1) is 87.5. The number of ether oxygens (including phenoxy) is 4. The minimum atomic E-state index is -4.96. The van der Waals surface area contributed by atoms with Gasteiger partial charge in [0, 0.05) is 25.7 Å². The van der Waals surface area contributed by atoms with Gasteiger partial charge in [-0.2, -0.15) is 0 Å². The van der Waals surface area contributed by atoms with Crippen molar-refractivity contribution in [3.63, 3.8) is 0 Å². The number of carbonyl (C=O) groups excluding carboxylic acids is 4. The van der Waals surface area contributed by atoms with Crippen LogP contribution in [0.2, 0.25) is 0 Å². The Balaban J connectivity index is 5.28. The van der Waals surface area contributed by atoms with E-state index in [2.05, 4.69) is 52.0 Å². The zero-order chi connectivity index (χ0) is 66.1. The van der Waals surface area contributed by atoms with Crippen LogP contribution in [0.4, 0.5) is 0 Å². The summed E-state index contributed by atoms with van der Waals surface area (Å²) in [6.45, 7) is 4.88. The molecule has 0 aromatic carbocycles. The molecule has 0 rings (SSSR count). The fourth-order valence-electron chi connectivity index (χ4n) is 10.3. The summed E-state index contributed by atoms with van der Waals surface area (Å²) in [5.41, 5.74) is 0. The number of allylic oxidation sites excluding steroid dienone is 4. The van der Waals surface area contributed by atoms with E-state index in [-0.39, 0.29) is 25.7 Å². The predicted molar refractivity (Wildman–Crippen MR) is 363 cm³/mol. The van der Waals surface area contributed by atoms with Gasteiger partial charge in [-0.25, -0.2) is 9.13 Å². The quantitative estimate of drug-likeness (QED) is 0.0169. The molecule has 0 aliphatic carbocycles. The van der Waals surface area contributed by atoms with Crippen molar-refractivity contribution in [1.29, 1.82) is 0 Å². The Kier molecular flexibility index (Phi) is 63.4. The number of phosphoric ester groups is 2. The number of carbonyl (C=O) groups is 4. The van der Waals surface area contributed by atoms with E-state index >= 15 is 0 Å². The molecule has 0 radical (unpaired) electrons. The smallest absolute Gasteiger partial charge is 0.462 e. The van der Waals surface area contributed by atoms with E-state index in [0.717, 1.165) is 103 Å². The molecule has 0 heterocycles. The molecule has 17 nitrogen and oxygen atoms in total. The second-order valence-corrected chi connectivity index (χ2v) is 27.8. The van der Waals surface area contributed by atoms with Crippen LogP contribution in [0.5, 0.6) is 0 Å². The summed E-state index contributed by atoms with van der Waals surface area (Å²) < 4.78 is 68.2. The van der Waals surface area contributed by atoms with Gasteiger partial charge in [0.2, 0.25) is 0 Å². The van der Waals surface area contributed by atoms with E-state index in [1.165, 1.54) is 167 Å². The topological polar surface area (TPSA) is 237 Å². The van der Waals surface area contributed by atoms with Crippen molar-refractivity contribution in [2.24, 2.45) is 0 Å². The van der Waals surface area contributed by atoms with Crippen LogP contribution in [0.15, 0.2) is 24.3 Å². The Morgan fingerprint density at radius 3 is 0.811 bits per heavy atom. The number of aliphatic hydroxyl groups is 1. The Morgan fingerprint density at radius 1 is 0.311 bits per heavy atom. The van der Waals surface area contributed by atoms with Gasteiger partial charge in [0.05, 0.1) is 26.4 Å². The first-order valence-corrected chi connectivity index (χ1v) is 39.6. The zero-order valence-electron chi connectivity index (χ0n) is 57.6. The monoisotopic (exact) mass is 1320 g/mol. The van der Waals surface area contributed by atoms with Crippen molar-refractivity contribution in [3.8, 4) is 0 Å². The number of unbranched alkanes of at least 4 members (excludes halogenated alkanes) is 41. The molecule has 3 N–H and O–H groups in total. The van der Waals surface area contributed by atoms with Crippen molar-refractivity contribution in [2.75, 3.05) is 39.6 Å². The molecule has 90 heavy (non-hydrogen) atoms. The number of hydrogen-bond donors (Lipinski definition) is 3. The molecule has 0 amide bonds. The van der Waals surface area contributed by atoms with Crippen LogP contribution in [0.1, 0.15) is 349 Å². The molecule has 19 heteroatoms. The Bertz CT molecular complexity index is 1820. The molecule has 2 unspecified atom stereocenters. The van der Waals surface area contributed by atoms with Crippen molar-refractivity contribution in [2.45, 2.75) is 367 Å². The first-order chi connectivity index (χ1) is 43.7. The average molecular weight is 1320 g/mol. The second kappa shape index (κ2) is 65.2. The predicted octanol–water partition coefficient (Wildman–Crippen LogP) is 20.2. The maximum atomic E-state index is 13.0. The molecule has 530 valence electrons. The van der Waals surface area contributed by atoms with Gasteiger partial charge >= 0.3 is 39.5 Å². The zero-order valence-corrected chi connectivity index (χ0v) is 59.4. The van der Waals surface area contributed by atoms with Gasteiger partial charge in [0.1, 0.15) is 19.3 Å². The lowest BCUT2D eigenvalue weighted by atomic mass is 10.0. The fraction of sp³-hybridized carbons (Fsp3) is 0.887. The first-order valence-electron chi connectivity index (χ1n) is 36.6. The van der Waals surface area contributed by atoms with Gasteiger partial charge in [-0.3, -0.25) is 37.3 Å². The molecule has 0 saturated carbocycles. The largest absolute Gasteiger partial charge is 0.472 e. The molecule has 0 aromatic rings. The highest BCUT2D eigenvalue weighted by Crippen LogP contribution is 2.45.